The molecule has 1 aliphatic heterocycles. The van der Waals surface area contributed by atoms with Gasteiger partial charge in [0, 0.05) is 45.4 Å². The monoisotopic (exact) mass is 1210 g/mol. The molecule has 6 rings (SSSR count). The number of nitrogens with one attached hydrogen (secondary N) is 1. The second-order valence-corrected chi connectivity index (χ2v) is 20.8. The van der Waals surface area contributed by atoms with Crippen molar-refractivity contribution >= 4 is 51.4 Å². The zero-order valence-electron chi connectivity index (χ0n) is 46.1. The van der Waals surface area contributed by atoms with Crippen molar-refractivity contribution in [1.82, 2.24) is 34.7 Å². The average Bonchev–Trinajstić information content (AvgIpc) is 4.29. The lowest BCUT2D eigenvalue weighted by Gasteiger charge is -2.17. The second kappa shape index (κ2) is 43.0. The number of anilines is 1. The Morgan fingerprint density at radius 1 is 0.827 bits per heavy atom. The zero-order chi connectivity index (χ0) is 59.0. The molecule has 1 saturated heterocycles. The van der Waals surface area contributed by atoms with Crippen molar-refractivity contribution in [3.8, 4) is 18.6 Å². The predicted molar refractivity (Wildman–Crippen MR) is 298 cm³/mol. The van der Waals surface area contributed by atoms with Crippen molar-refractivity contribution in [3.63, 3.8) is 0 Å². The summed E-state index contributed by atoms with van der Waals surface area (Å²) in [7, 11) is -0.757. The van der Waals surface area contributed by atoms with Gasteiger partial charge in [0.25, 0.3) is 6.47 Å². The standard InChI is InChI=1S/C46H62ClF3N8O10.C3H10O3P2.C2H2.CH2O2/c1-3-37-8-9-43(68-37)58-45-40(30-51-58)44(53-46(47)54-45)52-33(2)34-4-6-38(7-5-34)67-27-26-65-23-22-63-20-21-64-24-25-66-32-36-31-57(56-55-36)11-13-60-15-17-62-19-18-61-16-14-59-12-10-39-41(49)28-35(48)29-42(39)50;1-6-7(2)3-8(4)5;1-2;2-1-3/h4-7,28-31,33,37,43H,3,8-27,32H2,1-2H3,(H,52,53,54);4-5H,3H2,1-2H3;1-2H;1H,(H,2,3). The summed E-state index contributed by atoms with van der Waals surface area (Å²) in [5.74, 6) is -1.03. The number of nitrogens with zero attached hydrogens (tertiary/aromatic N) is 7. The van der Waals surface area contributed by atoms with Crippen LogP contribution in [0.1, 0.15) is 62.2 Å². The van der Waals surface area contributed by atoms with E-state index < -0.39 is 34.0 Å². The molecule has 5 aromatic rings. The first-order chi connectivity index (χ1) is 39.3. The summed E-state index contributed by atoms with van der Waals surface area (Å²) in [5.41, 5.74) is 2.20. The van der Waals surface area contributed by atoms with Crippen molar-refractivity contribution in [2.24, 2.45) is 0 Å². The number of halogens is 4. The number of rotatable bonds is 38. The van der Waals surface area contributed by atoms with E-state index in [1.54, 1.807) is 22.7 Å². The number of aromatic nitrogens is 7. The first kappa shape index (κ1) is 70.5. The molecular formula is C52H76ClF3N8O15P2. The van der Waals surface area contributed by atoms with Crippen LogP contribution in [0.3, 0.4) is 0 Å². The van der Waals surface area contributed by atoms with E-state index in [9.17, 15) is 13.2 Å². The maximum absolute atomic E-state index is 13.6. The van der Waals surface area contributed by atoms with Gasteiger partial charge in [0.15, 0.2) is 20.3 Å². The highest BCUT2D eigenvalue weighted by Gasteiger charge is 2.28. The fourth-order valence-corrected chi connectivity index (χ4v) is 9.29. The highest BCUT2D eigenvalue weighted by molar-refractivity contribution is 7.66. The van der Waals surface area contributed by atoms with E-state index in [-0.39, 0.29) is 55.3 Å². The fraction of sp³-hybridized carbons (Fsp3) is 0.577. The Kier molecular flexibility index (Phi) is 37.4. The maximum atomic E-state index is 13.6. The van der Waals surface area contributed by atoms with Crippen LogP contribution in [-0.4, -0.2) is 188 Å². The Labute approximate surface area is 478 Å². The van der Waals surface area contributed by atoms with Gasteiger partial charge < -0.3 is 72.1 Å². The summed E-state index contributed by atoms with van der Waals surface area (Å²) in [4.78, 5) is 34.1. The molecule has 0 aliphatic carbocycles. The quantitative estimate of drug-likeness (QED) is 0.00976. The number of carboxylic acid groups (broad SMARTS) is 1. The molecule has 4 unspecified atom stereocenters. The largest absolute Gasteiger partial charge is 0.491 e. The van der Waals surface area contributed by atoms with Gasteiger partial charge in [-0.25, -0.2) is 22.5 Å². The molecule has 3 aromatic heterocycles. The van der Waals surface area contributed by atoms with Crippen LogP contribution >= 0.6 is 28.1 Å². The van der Waals surface area contributed by atoms with Gasteiger partial charge in [-0.1, -0.05) is 24.3 Å². The third-order valence-corrected chi connectivity index (χ3v) is 14.6. The number of terminal acetylenes is 1. The van der Waals surface area contributed by atoms with Gasteiger partial charge in [0.2, 0.25) is 5.28 Å². The lowest BCUT2D eigenvalue weighted by atomic mass is 10.1. The van der Waals surface area contributed by atoms with E-state index in [2.05, 4.69) is 57.4 Å². The van der Waals surface area contributed by atoms with Crippen LogP contribution in [0, 0.1) is 30.3 Å². The van der Waals surface area contributed by atoms with E-state index >= 15 is 0 Å². The van der Waals surface area contributed by atoms with Crippen molar-refractivity contribution in [1.29, 1.82) is 0 Å². The number of carbonyl (C=O) groups is 1. The number of benzene rings is 2. The van der Waals surface area contributed by atoms with Crippen LogP contribution in [0.25, 0.3) is 11.0 Å². The van der Waals surface area contributed by atoms with E-state index in [1.165, 1.54) is 0 Å². The molecular weight excluding hydrogens is 1130 g/mol. The van der Waals surface area contributed by atoms with E-state index in [0.29, 0.717) is 141 Å². The van der Waals surface area contributed by atoms with E-state index in [1.807, 2.05) is 37.1 Å². The summed E-state index contributed by atoms with van der Waals surface area (Å²) in [6.45, 7) is 12.7. The van der Waals surface area contributed by atoms with Crippen LogP contribution < -0.4 is 10.1 Å². The maximum Gasteiger partial charge on any atom is 0.290 e. The van der Waals surface area contributed by atoms with Gasteiger partial charge in [-0.3, -0.25) is 4.79 Å². The summed E-state index contributed by atoms with van der Waals surface area (Å²) in [5, 5.41) is 24.1. The lowest BCUT2D eigenvalue weighted by molar-refractivity contribution is -0.122. The zero-order valence-corrected chi connectivity index (χ0v) is 48.7. The molecule has 0 spiro atoms. The molecule has 23 nitrogen and oxygen atoms in total. The Hall–Kier alpha value is -4.78. The molecule has 0 bridgehead atoms. The second-order valence-electron chi connectivity index (χ2n) is 17.0. The summed E-state index contributed by atoms with van der Waals surface area (Å²) < 4.78 is 105. The molecule has 81 heavy (non-hydrogen) atoms. The lowest BCUT2D eigenvalue weighted by Crippen LogP contribution is -2.14. The molecule has 4 N–H and O–H groups in total. The van der Waals surface area contributed by atoms with E-state index in [0.717, 1.165) is 36.0 Å². The third-order valence-electron chi connectivity index (χ3n) is 11.2. The van der Waals surface area contributed by atoms with Crippen LogP contribution in [0.5, 0.6) is 5.75 Å². The highest BCUT2D eigenvalue weighted by Crippen LogP contribution is 2.43. The molecule has 2 aromatic carbocycles. The topological polar surface area (TPSA) is 266 Å². The minimum absolute atomic E-state index is 0.000144. The number of hydrogen-bond acceptors (Lipinski definition) is 20. The molecule has 0 amide bonds. The number of ether oxygens (including phenoxy) is 10. The predicted octanol–water partition coefficient (Wildman–Crippen LogP) is 7.57. The smallest absolute Gasteiger partial charge is 0.290 e. The van der Waals surface area contributed by atoms with Crippen LogP contribution in [0.2, 0.25) is 5.28 Å². The molecule has 0 saturated carbocycles. The number of hydrogen-bond donors (Lipinski definition) is 4. The first-order valence-electron chi connectivity index (χ1n) is 25.9. The van der Waals surface area contributed by atoms with Gasteiger partial charge in [-0.2, -0.15) is 15.1 Å². The fourth-order valence-electron chi connectivity index (χ4n) is 7.24. The Morgan fingerprint density at radius 3 is 1.90 bits per heavy atom. The minimum Gasteiger partial charge on any atom is -0.491 e. The van der Waals surface area contributed by atoms with Gasteiger partial charge in [-0.05, 0) is 62.1 Å². The van der Waals surface area contributed by atoms with Gasteiger partial charge in [0.1, 0.15) is 41.3 Å². The molecule has 4 atom stereocenters. The molecule has 1 fully saturated rings. The molecule has 1 aliphatic rings. The first-order valence-corrected chi connectivity index (χ1v) is 29.6. The average molecular weight is 1210 g/mol. The molecule has 0 radical (unpaired) electrons. The molecule has 452 valence electrons. The summed E-state index contributed by atoms with van der Waals surface area (Å²) >= 11 is 6.34. The Balaban J connectivity index is 0.00000119. The van der Waals surface area contributed by atoms with Gasteiger partial charge >= 0.3 is 0 Å². The molecule has 4 heterocycles. The molecule has 29 heteroatoms. The summed E-state index contributed by atoms with van der Waals surface area (Å²) in [6, 6.07) is 9.11. The Morgan fingerprint density at radius 2 is 1.37 bits per heavy atom. The van der Waals surface area contributed by atoms with Crippen LogP contribution in [0.15, 0.2) is 48.8 Å². The Bertz CT molecular complexity index is 2450. The summed E-state index contributed by atoms with van der Waals surface area (Å²) in [6.07, 6.45) is 14.5. The van der Waals surface area contributed by atoms with Crippen molar-refractivity contribution in [2.45, 2.75) is 71.1 Å². The van der Waals surface area contributed by atoms with Crippen LogP contribution in [-0.2, 0) is 71.5 Å². The normalized spacial score (nSPS) is 14.6. The minimum atomic E-state index is -1.74. The highest BCUT2D eigenvalue weighted by atomic mass is 35.5. The van der Waals surface area contributed by atoms with Crippen molar-refractivity contribution < 1.29 is 84.8 Å². The van der Waals surface area contributed by atoms with Crippen molar-refractivity contribution in [2.75, 3.05) is 131 Å². The van der Waals surface area contributed by atoms with Gasteiger partial charge in [-0.15, -0.1) is 17.9 Å². The van der Waals surface area contributed by atoms with Crippen molar-refractivity contribution in [3.05, 3.63) is 88.3 Å². The van der Waals surface area contributed by atoms with Crippen LogP contribution in [0.4, 0.5) is 19.0 Å². The van der Waals surface area contributed by atoms with E-state index in [4.69, 9.17) is 83.2 Å². The van der Waals surface area contributed by atoms with Gasteiger partial charge in [0.05, 0.1) is 142 Å². The third kappa shape index (κ3) is 28.9. The number of fused-ring (bicyclic) bond motifs is 1. The SMILES string of the molecule is C#C.CCC1CCC(n2ncc3c(NC(C)c4ccc(OCCOCCOCCOCCOCc5cn(CCOCCOCCOCCOCCc6c(F)cc(F)cc6F)nn5)cc4)nc(Cl)nc32)O1.COP(C)CP(O)O.O=CO.